The summed E-state index contributed by atoms with van der Waals surface area (Å²) in [7, 11) is -3.01. The zero-order valence-corrected chi connectivity index (χ0v) is 18.9. The molecule has 2 aromatic heterocycles. The number of anilines is 2. The van der Waals surface area contributed by atoms with Gasteiger partial charge in [-0.3, -0.25) is 4.79 Å². The van der Waals surface area contributed by atoms with Crippen LogP contribution in [0.1, 0.15) is 31.1 Å². The molecule has 0 saturated heterocycles. The average molecular weight is 455 g/mol. The van der Waals surface area contributed by atoms with Gasteiger partial charge >= 0.3 is 0 Å². The van der Waals surface area contributed by atoms with Crippen LogP contribution in [0.3, 0.4) is 0 Å². The molecule has 3 aromatic rings. The Labute approximate surface area is 187 Å². The van der Waals surface area contributed by atoms with E-state index in [9.17, 15) is 13.2 Å². The van der Waals surface area contributed by atoms with Gasteiger partial charge in [0.05, 0.1) is 12.2 Å². The summed E-state index contributed by atoms with van der Waals surface area (Å²) in [6.45, 7) is 2.44. The van der Waals surface area contributed by atoms with Gasteiger partial charge in [0.1, 0.15) is 21.4 Å². The highest BCUT2D eigenvalue weighted by molar-refractivity contribution is 7.90. The van der Waals surface area contributed by atoms with Gasteiger partial charge < -0.3 is 15.2 Å². The van der Waals surface area contributed by atoms with Crippen molar-refractivity contribution in [1.82, 2.24) is 10.1 Å². The van der Waals surface area contributed by atoms with E-state index in [4.69, 9.17) is 4.52 Å². The molecule has 1 saturated carbocycles. The van der Waals surface area contributed by atoms with Crippen LogP contribution in [0, 0.1) is 0 Å². The number of nitrogens with zero attached hydrogens (tertiary/aromatic N) is 2. The fourth-order valence-electron chi connectivity index (χ4n) is 3.27. The third-order valence-corrected chi connectivity index (χ3v) is 6.51. The lowest BCUT2D eigenvalue weighted by Gasteiger charge is -2.07. The SMILES string of the molecule is CC1(c2cc(NC(=O)Cc3ccc(-c4ccc(NCCS(C)(=O)=O)nc4)cc3)no2)CC1. The van der Waals surface area contributed by atoms with Crippen LogP contribution in [-0.4, -0.2) is 43.0 Å². The Hall–Kier alpha value is -3.20. The molecule has 1 aliphatic rings. The van der Waals surface area contributed by atoms with E-state index in [0.29, 0.717) is 18.2 Å². The van der Waals surface area contributed by atoms with Crippen molar-refractivity contribution in [3.8, 4) is 11.1 Å². The van der Waals surface area contributed by atoms with Crippen LogP contribution in [0.2, 0.25) is 0 Å². The minimum atomic E-state index is -3.01. The van der Waals surface area contributed by atoms with Crippen LogP contribution in [-0.2, 0) is 26.5 Å². The molecule has 0 bridgehead atoms. The minimum absolute atomic E-state index is 0.0582. The third kappa shape index (κ3) is 5.73. The summed E-state index contributed by atoms with van der Waals surface area (Å²) in [5, 5.41) is 9.73. The number of carbonyl (C=O) groups is 1. The Morgan fingerprint density at radius 1 is 1.09 bits per heavy atom. The monoisotopic (exact) mass is 454 g/mol. The molecule has 2 N–H and O–H groups in total. The number of sulfone groups is 1. The van der Waals surface area contributed by atoms with Crippen molar-refractivity contribution < 1.29 is 17.7 Å². The lowest BCUT2D eigenvalue weighted by atomic mass is 10.0. The highest BCUT2D eigenvalue weighted by Crippen LogP contribution is 2.48. The first kappa shape index (κ1) is 22.0. The Kier molecular flexibility index (Phi) is 6.01. The number of hydrogen-bond acceptors (Lipinski definition) is 7. The lowest BCUT2D eigenvalue weighted by molar-refractivity contribution is -0.115. The van der Waals surface area contributed by atoms with E-state index >= 15 is 0 Å². The zero-order valence-electron chi connectivity index (χ0n) is 18.1. The first-order chi connectivity index (χ1) is 15.2. The Morgan fingerprint density at radius 3 is 2.44 bits per heavy atom. The minimum Gasteiger partial charge on any atom is -0.369 e. The predicted molar refractivity (Wildman–Crippen MR) is 123 cm³/mol. The molecule has 1 amide bonds. The van der Waals surface area contributed by atoms with Gasteiger partial charge in [-0.05, 0) is 36.1 Å². The number of carbonyl (C=O) groups excluding carboxylic acids is 1. The molecule has 9 heteroatoms. The van der Waals surface area contributed by atoms with Crippen molar-refractivity contribution >= 4 is 27.4 Å². The standard InChI is InChI=1S/C23H26N4O4S/c1-23(9-10-23)19-14-21(27-31-19)26-22(28)13-16-3-5-17(6-4-16)18-7-8-20(25-15-18)24-11-12-32(2,29)30/h3-8,14-15H,9-13H2,1-2H3,(H,24,25)(H,26,27,28). The topological polar surface area (TPSA) is 114 Å². The first-order valence-electron chi connectivity index (χ1n) is 10.4. The van der Waals surface area contributed by atoms with E-state index in [1.54, 1.807) is 12.3 Å². The molecule has 1 aromatic carbocycles. The molecule has 1 aliphatic carbocycles. The highest BCUT2D eigenvalue weighted by Gasteiger charge is 2.42. The summed E-state index contributed by atoms with van der Waals surface area (Å²) in [6.07, 6.45) is 5.34. The van der Waals surface area contributed by atoms with Gasteiger partial charge in [0.2, 0.25) is 5.91 Å². The van der Waals surface area contributed by atoms with Crippen molar-refractivity contribution in [3.63, 3.8) is 0 Å². The van der Waals surface area contributed by atoms with Gasteiger partial charge in [0.25, 0.3) is 0 Å². The zero-order chi connectivity index (χ0) is 22.8. The number of hydrogen-bond donors (Lipinski definition) is 2. The van der Waals surface area contributed by atoms with Crippen molar-refractivity contribution in [1.29, 1.82) is 0 Å². The maximum absolute atomic E-state index is 12.3. The molecule has 168 valence electrons. The molecule has 2 heterocycles. The average Bonchev–Trinajstić information content (AvgIpc) is 3.31. The summed E-state index contributed by atoms with van der Waals surface area (Å²) >= 11 is 0. The quantitative estimate of drug-likeness (QED) is 0.509. The van der Waals surface area contributed by atoms with E-state index in [1.165, 1.54) is 6.26 Å². The molecule has 8 nitrogen and oxygen atoms in total. The number of nitrogens with one attached hydrogen (secondary N) is 2. The molecule has 0 radical (unpaired) electrons. The molecule has 4 rings (SSSR count). The lowest BCUT2D eigenvalue weighted by Crippen LogP contribution is -2.14. The Balaban J connectivity index is 1.30. The predicted octanol–water partition coefficient (Wildman–Crippen LogP) is 3.43. The number of pyridine rings is 1. The van der Waals surface area contributed by atoms with Crippen LogP contribution >= 0.6 is 0 Å². The van der Waals surface area contributed by atoms with E-state index in [2.05, 4.69) is 27.7 Å². The second-order valence-electron chi connectivity index (χ2n) is 8.55. The normalized spacial score (nSPS) is 14.7. The molecular weight excluding hydrogens is 428 g/mol. The van der Waals surface area contributed by atoms with E-state index in [1.807, 2.05) is 36.4 Å². The molecular formula is C23H26N4O4S. The molecule has 0 unspecified atom stereocenters. The maximum atomic E-state index is 12.3. The van der Waals surface area contributed by atoms with Crippen molar-refractivity contribution in [2.75, 3.05) is 29.2 Å². The van der Waals surface area contributed by atoms with Gasteiger partial charge in [-0.2, -0.15) is 0 Å². The van der Waals surface area contributed by atoms with Crippen LogP contribution in [0.4, 0.5) is 11.6 Å². The van der Waals surface area contributed by atoms with E-state index in [-0.39, 0.29) is 23.5 Å². The fourth-order valence-corrected chi connectivity index (χ4v) is 3.75. The maximum Gasteiger partial charge on any atom is 0.230 e. The molecule has 32 heavy (non-hydrogen) atoms. The van der Waals surface area contributed by atoms with Crippen LogP contribution in [0.15, 0.2) is 53.2 Å². The number of aromatic nitrogens is 2. The summed E-state index contributed by atoms with van der Waals surface area (Å²) in [5.74, 6) is 1.80. The first-order valence-corrected chi connectivity index (χ1v) is 12.5. The fraction of sp³-hybridized carbons (Fsp3) is 0.348. The van der Waals surface area contributed by atoms with Crippen LogP contribution < -0.4 is 10.6 Å². The van der Waals surface area contributed by atoms with Gasteiger partial charge in [0.15, 0.2) is 5.82 Å². The number of amides is 1. The second-order valence-corrected chi connectivity index (χ2v) is 10.8. The molecule has 0 atom stereocenters. The summed E-state index contributed by atoms with van der Waals surface area (Å²) < 4.78 is 27.7. The highest BCUT2D eigenvalue weighted by atomic mass is 32.2. The summed E-state index contributed by atoms with van der Waals surface area (Å²) in [5.41, 5.74) is 2.86. The number of rotatable bonds is 9. The van der Waals surface area contributed by atoms with Crippen LogP contribution in [0.5, 0.6) is 0 Å². The molecule has 0 spiro atoms. The summed E-state index contributed by atoms with van der Waals surface area (Å²) in [6, 6.07) is 13.2. The number of benzene rings is 1. The second kappa shape index (κ2) is 8.74. The van der Waals surface area contributed by atoms with Gasteiger partial charge in [-0.25, -0.2) is 13.4 Å². The Morgan fingerprint density at radius 2 is 1.81 bits per heavy atom. The van der Waals surface area contributed by atoms with E-state index in [0.717, 1.165) is 35.3 Å². The van der Waals surface area contributed by atoms with E-state index < -0.39 is 9.84 Å². The smallest absolute Gasteiger partial charge is 0.230 e. The van der Waals surface area contributed by atoms with Crippen molar-refractivity contribution in [2.45, 2.75) is 31.6 Å². The van der Waals surface area contributed by atoms with Crippen LogP contribution in [0.25, 0.3) is 11.1 Å². The van der Waals surface area contributed by atoms with Gasteiger partial charge in [-0.15, -0.1) is 0 Å². The van der Waals surface area contributed by atoms with Gasteiger partial charge in [0, 0.05) is 36.0 Å². The Bertz CT molecular complexity index is 1200. The van der Waals surface area contributed by atoms with Gasteiger partial charge in [-0.1, -0.05) is 36.3 Å². The van der Waals surface area contributed by atoms with Crippen molar-refractivity contribution in [2.24, 2.45) is 0 Å². The third-order valence-electron chi connectivity index (χ3n) is 5.57. The molecule has 1 fully saturated rings. The largest absolute Gasteiger partial charge is 0.369 e. The molecule has 0 aliphatic heterocycles. The summed E-state index contributed by atoms with van der Waals surface area (Å²) in [4.78, 5) is 16.7. The van der Waals surface area contributed by atoms with Crippen molar-refractivity contribution in [3.05, 3.63) is 60.0 Å².